The molecule has 0 saturated heterocycles. The van der Waals surface area contributed by atoms with E-state index in [0.29, 0.717) is 4.24 Å². The molecule has 0 spiro atoms. The van der Waals surface area contributed by atoms with Crippen molar-refractivity contribution in [1.29, 1.82) is 0 Å². The molecule has 1 aliphatic carbocycles. The van der Waals surface area contributed by atoms with Gasteiger partial charge in [-0.05, 0) is 23.7 Å². The average Bonchev–Trinajstić information content (AvgIpc) is 3.22. The third-order valence-corrected chi connectivity index (χ3v) is 7.63. The molecule has 4 rings (SSSR count). The molecular weight excluding hydrogens is 464 g/mol. The van der Waals surface area contributed by atoms with E-state index >= 15 is 0 Å². The first kappa shape index (κ1) is 21.5. The molecule has 0 fully saturated rings. The summed E-state index contributed by atoms with van der Waals surface area (Å²) in [6.07, 6.45) is 0. The maximum Gasteiger partial charge on any atom is 0.284 e. The van der Waals surface area contributed by atoms with Crippen LogP contribution in [0.4, 0.5) is 22.7 Å². The highest BCUT2D eigenvalue weighted by atomic mass is 32.2. The Bertz CT molecular complexity index is 1270. The summed E-state index contributed by atoms with van der Waals surface area (Å²) in [6, 6.07) is 3.71. The lowest BCUT2D eigenvalue weighted by Crippen LogP contribution is -1.99. The fourth-order valence-corrected chi connectivity index (χ4v) is 6.21. The first-order valence-corrected chi connectivity index (χ1v) is 10.4. The molecule has 0 bridgehead atoms. The Morgan fingerprint density at radius 1 is 0.625 bits per heavy atom. The molecule has 1 heterocycles. The van der Waals surface area contributed by atoms with Crippen molar-refractivity contribution in [3.8, 4) is 11.1 Å². The van der Waals surface area contributed by atoms with Crippen molar-refractivity contribution in [2.75, 3.05) is 0 Å². The maximum atomic E-state index is 11.8. The Labute approximate surface area is 186 Å². The minimum Gasteiger partial charge on any atom is -0.258 e. The van der Waals surface area contributed by atoms with E-state index in [1.807, 2.05) is 13.8 Å². The molecule has 2 aromatic rings. The highest BCUT2D eigenvalue weighted by molar-refractivity contribution is 8.28. The van der Waals surface area contributed by atoms with Gasteiger partial charge in [0.2, 0.25) is 0 Å². The number of fused-ring (bicyclic) bond motifs is 3. The average molecular weight is 474 g/mol. The minimum absolute atomic E-state index is 0.0574. The van der Waals surface area contributed by atoms with Gasteiger partial charge in [-0.1, -0.05) is 23.5 Å². The Morgan fingerprint density at radius 2 is 1.00 bits per heavy atom. The van der Waals surface area contributed by atoms with Gasteiger partial charge in [0.25, 0.3) is 22.7 Å². The number of hydrogen-bond donors (Lipinski definition) is 0. The molecule has 0 N–H and O–H groups in total. The monoisotopic (exact) mass is 474 g/mol. The lowest BCUT2D eigenvalue weighted by molar-refractivity contribution is -0.395. The standard InChI is InChI=1S/C18H10N4O8S2/c1-7-8(2)32-18(31-7)15-11-3-9(19(23)24)5-13(21(27)28)16(11)17-12(15)4-10(20(25)26)6-14(17)22(29)30/h3-6H,1-2H3. The highest BCUT2D eigenvalue weighted by Gasteiger charge is 2.42. The third-order valence-electron chi connectivity index (χ3n) is 5.00. The van der Waals surface area contributed by atoms with E-state index in [9.17, 15) is 40.5 Å². The summed E-state index contributed by atoms with van der Waals surface area (Å²) >= 11 is 2.60. The van der Waals surface area contributed by atoms with E-state index in [4.69, 9.17) is 0 Å². The highest BCUT2D eigenvalue weighted by Crippen LogP contribution is 2.60. The number of nitrogens with zero attached hydrogens (tertiary/aromatic N) is 4. The van der Waals surface area contributed by atoms with Gasteiger partial charge in [0, 0.05) is 28.8 Å². The van der Waals surface area contributed by atoms with Crippen molar-refractivity contribution in [1.82, 2.24) is 0 Å². The second kappa shape index (κ2) is 7.42. The van der Waals surface area contributed by atoms with Crippen LogP contribution < -0.4 is 0 Å². The number of thioether (sulfide) groups is 2. The zero-order valence-corrected chi connectivity index (χ0v) is 17.8. The van der Waals surface area contributed by atoms with Gasteiger partial charge < -0.3 is 0 Å². The van der Waals surface area contributed by atoms with Crippen LogP contribution in [0.15, 0.2) is 38.3 Å². The van der Waals surface area contributed by atoms with Gasteiger partial charge in [0.15, 0.2) is 0 Å². The van der Waals surface area contributed by atoms with Crippen LogP contribution in [0.5, 0.6) is 0 Å². The Hall–Kier alpha value is -3.78. The molecule has 32 heavy (non-hydrogen) atoms. The van der Waals surface area contributed by atoms with E-state index in [1.54, 1.807) is 0 Å². The Morgan fingerprint density at radius 3 is 1.31 bits per heavy atom. The largest absolute Gasteiger partial charge is 0.284 e. The van der Waals surface area contributed by atoms with Gasteiger partial charge in [0.05, 0.1) is 47.2 Å². The second-order valence-electron chi connectivity index (χ2n) is 6.78. The summed E-state index contributed by atoms with van der Waals surface area (Å²) in [7, 11) is 0. The van der Waals surface area contributed by atoms with Crippen molar-refractivity contribution in [2.24, 2.45) is 0 Å². The molecule has 0 amide bonds. The van der Waals surface area contributed by atoms with Crippen LogP contribution in [0.3, 0.4) is 0 Å². The van der Waals surface area contributed by atoms with Gasteiger partial charge in [-0.25, -0.2) is 0 Å². The van der Waals surface area contributed by atoms with Gasteiger partial charge in [-0.3, -0.25) is 40.5 Å². The fraction of sp³-hybridized carbons (Fsp3) is 0.111. The SMILES string of the molecule is CC1=C(C)SC(=C2c3cc([N+](=O)[O-])cc([N+](=O)[O-])c3-c3c2cc([N+](=O)[O-])cc3[N+](=O)[O-])S1. The first-order valence-electron chi connectivity index (χ1n) is 8.73. The molecule has 2 aliphatic rings. The number of benzene rings is 2. The number of nitro benzene ring substituents is 4. The number of allylic oxidation sites excluding steroid dienone is 2. The van der Waals surface area contributed by atoms with Crippen molar-refractivity contribution in [3.63, 3.8) is 0 Å². The molecule has 14 heteroatoms. The van der Waals surface area contributed by atoms with Gasteiger partial charge in [-0.2, -0.15) is 0 Å². The summed E-state index contributed by atoms with van der Waals surface area (Å²) < 4.78 is 0.574. The molecule has 2 aromatic carbocycles. The summed E-state index contributed by atoms with van der Waals surface area (Å²) in [4.78, 5) is 45.0. The number of nitro groups is 4. The van der Waals surface area contributed by atoms with Crippen molar-refractivity contribution >= 4 is 51.8 Å². The van der Waals surface area contributed by atoms with Gasteiger partial charge in [-0.15, -0.1) is 0 Å². The number of rotatable bonds is 4. The second-order valence-corrected chi connectivity index (χ2v) is 9.49. The summed E-state index contributed by atoms with van der Waals surface area (Å²) in [5.74, 6) is 0. The molecule has 0 atom stereocenters. The quantitative estimate of drug-likeness (QED) is 0.334. The van der Waals surface area contributed by atoms with Crippen LogP contribution >= 0.6 is 23.5 Å². The topological polar surface area (TPSA) is 173 Å². The van der Waals surface area contributed by atoms with Crippen LogP contribution in [0, 0.1) is 40.5 Å². The van der Waals surface area contributed by atoms with Crippen LogP contribution in [0.25, 0.3) is 16.7 Å². The van der Waals surface area contributed by atoms with Crippen LogP contribution in [-0.4, -0.2) is 19.7 Å². The Kier molecular flexibility index (Phi) is 4.97. The van der Waals surface area contributed by atoms with Crippen LogP contribution in [-0.2, 0) is 0 Å². The number of hydrogen-bond acceptors (Lipinski definition) is 10. The lowest BCUT2D eigenvalue weighted by atomic mass is 10.0. The first-order chi connectivity index (χ1) is 15.0. The predicted octanol–water partition coefficient (Wildman–Crippen LogP) is 5.75. The van der Waals surface area contributed by atoms with E-state index in [1.165, 1.54) is 23.5 Å². The molecule has 162 valence electrons. The normalized spacial score (nSPS) is 14.4. The molecule has 0 radical (unpaired) electrons. The summed E-state index contributed by atoms with van der Waals surface area (Å²) in [6.45, 7) is 3.67. The molecular formula is C18H10N4O8S2. The molecule has 0 aromatic heterocycles. The van der Waals surface area contributed by atoms with Crippen molar-refractivity contribution in [3.05, 3.63) is 89.9 Å². The van der Waals surface area contributed by atoms with Crippen molar-refractivity contribution in [2.45, 2.75) is 13.8 Å². The molecule has 1 aliphatic heterocycles. The predicted molar refractivity (Wildman–Crippen MR) is 118 cm³/mol. The number of non-ortho nitro benzene ring substituents is 2. The maximum absolute atomic E-state index is 11.8. The third kappa shape index (κ3) is 3.20. The van der Waals surface area contributed by atoms with E-state index in [2.05, 4.69) is 0 Å². The van der Waals surface area contributed by atoms with Crippen LogP contribution in [0.1, 0.15) is 25.0 Å². The van der Waals surface area contributed by atoms with Gasteiger partial charge >= 0.3 is 0 Å². The smallest absolute Gasteiger partial charge is 0.258 e. The van der Waals surface area contributed by atoms with Gasteiger partial charge in [0.1, 0.15) is 0 Å². The minimum atomic E-state index is -0.849. The zero-order chi connectivity index (χ0) is 23.5. The molecule has 0 unspecified atom stereocenters. The lowest BCUT2D eigenvalue weighted by Gasteiger charge is -2.07. The van der Waals surface area contributed by atoms with Crippen LogP contribution in [0.2, 0.25) is 0 Å². The molecule has 12 nitrogen and oxygen atoms in total. The Balaban J connectivity index is 2.21. The molecule has 0 saturated carbocycles. The zero-order valence-electron chi connectivity index (χ0n) is 16.2. The van der Waals surface area contributed by atoms with Crippen molar-refractivity contribution < 1.29 is 19.7 Å². The fourth-order valence-electron chi connectivity index (χ4n) is 3.55. The van der Waals surface area contributed by atoms with E-state index in [-0.39, 0.29) is 27.8 Å². The van der Waals surface area contributed by atoms with E-state index < -0.39 is 42.4 Å². The summed E-state index contributed by atoms with van der Waals surface area (Å²) in [5, 5.41) is 46.5. The van der Waals surface area contributed by atoms with E-state index in [0.717, 1.165) is 34.1 Å². The summed E-state index contributed by atoms with van der Waals surface area (Å²) in [5.41, 5.74) is -2.44.